The minimum absolute atomic E-state index is 0.408. The molecule has 1 fully saturated rings. The van der Waals surface area contributed by atoms with Gasteiger partial charge in [0.25, 0.3) is 0 Å². The number of nitrogens with zero attached hydrogens (tertiary/aromatic N) is 4. The fourth-order valence-electron chi connectivity index (χ4n) is 3.09. The Labute approximate surface area is 169 Å². The summed E-state index contributed by atoms with van der Waals surface area (Å²) in [4.78, 5) is 8.67. The van der Waals surface area contributed by atoms with E-state index in [4.69, 9.17) is 15.0 Å². The highest BCUT2D eigenvalue weighted by molar-refractivity contribution is 6.62. The Bertz CT molecular complexity index is 1020. The average molecular weight is 395 g/mol. The first kappa shape index (κ1) is 19.5. The van der Waals surface area contributed by atoms with Gasteiger partial charge in [-0.1, -0.05) is 12.1 Å². The van der Waals surface area contributed by atoms with Crippen LogP contribution in [0.1, 0.15) is 38.8 Å². The Hall–Kier alpha value is -2.78. The van der Waals surface area contributed by atoms with Gasteiger partial charge in [0, 0.05) is 24.3 Å². The summed E-state index contributed by atoms with van der Waals surface area (Å²) in [6.07, 6.45) is 6.37. The maximum absolute atomic E-state index is 13.1. The minimum Gasteiger partial charge on any atom is -0.399 e. The molecule has 0 amide bonds. The zero-order valence-electron chi connectivity index (χ0n) is 16.9. The highest BCUT2D eigenvalue weighted by Gasteiger charge is 2.51. The lowest BCUT2D eigenvalue weighted by molar-refractivity contribution is 0.00578. The molecule has 0 atom stereocenters. The number of anilines is 1. The molecule has 29 heavy (non-hydrogen) atoms. The van der Waals surface area contributed by atoms with Gasteiger partial charge in [-0.05, 0) is 44.9 Å². The van der Waals surface area contributed by atoms with Crippen LogP contribution in [0.5, 0.6) is 0 Å². The first-order valence-electron chi connectivity index (χ1n) is 9.40. The first-order chi connectivity index (χ1) is 13.6. The lowest BCUT2D eigenvalue weighted by atomic mass is 9.79. The maximum Gasteiger partial charge on any atom is 0.496 e. The predicted octanol–water partition coefficient (Wildman–Crippen LogP) is 2.27. The number of hydrogen-bond donors (Lipinski definition) is 1. The summed E-state index contributed by atoms with van der Waals surface area (Å²) in [5.41, 5.74) is 7.87. The third-order valence-electron chi connectivity index (χ3n) is 5.54. The number of rotatable bonds is 4. The van der Waals surface area contributed by atoms with Crippen molar-refractivity contribution in [2.75, 3.05) is 5.73 Å². The Morgan fingerprint density at radius 3 is 2.38 bits per heavy atom. The molecular weight excluding hydrogens is 372 g/mol. The zero-order valence-corrected chi connectivity index (χ0v) is 16.9. The van der Waals surface area contributed by atoms with E-state index in [0.29, 0.717) is 18.1 Å². The van der Waals surface area contributed by atoms with Crippen molar-refractivity contribution in [2.24, 2.45) is 0 Å². The normalized spacial score (nSPS) is 17.6. The molecule has 3 aromatic rings. The summed E-state index contributed by atoms with van der Waals surface area (Å²) in [5, 5.41) is 3.91. The average Bonchev–Trinajstić information content (AvgIpc) is 3.18. The fraction of sp³-hybridized carbons (Fsp3) is 0.350. The summed E-state index contributed by atoms with van der Waals surface area (Å²) in [5.74, 6) is 0.576. The summed E-state index contributed by atoms with van der Waals surface area (Å²) in [7, 11) is -0.498. The van der Waals surface area contributed by atoms with Gasteiger partial charge in [0.2, 0.25) is 0 Å². The van der Waals surface area contributed by atoms with Gasteiger partial charge in [0.15, 0.2) is 11.6 Å². The smallest absolute Gasteiger partial charge is 0.399 e. The van der Waals surface area contributed by atoms with E-state index in [1.165, 1.54) is 10.9 Å². The van der Waals surface area contributed by atoms with Crippen molar-refractivity contribution in [3.05, 3.63) is 59.9 Å². The van der Waals surface area contributed by atoms with Gasteiger partial charge in [-0.15, -0.1) is 0 Å². The molecule has 0 unspecified atom stereocenters. The third-order valence-corrected chi connectivity index (χ3v) is 5.54. The lowest BCUT2D eigenvalue weighted by Crippen LogP contribution is -2.41. The molecule has 0 saturated carbocycles. The molecule has 0 aromatic carbocycles. The van der Waals surface area contributed by atoms with Gasteiger partial charge >= 0.3 is 7.12 Å². The highest BCUT2D eigenvalue weighted by atomic mass is 19.1. The summed E-state index contributed by atoms with van der Waals surface area (Å²) in [6, 6.07) is 5.65. The van der Waals surface area contributed by atoms with Gasteiger partial charge in [-0.3, -0.25) is 0 Å². The first-order valence-corrected chi connectivity index (χ1v) is 9.40. The molecule has 150 valence electrons. The van der Waals surface area contributed by atoms with Crippen molar-refractivity contribution in [3.8, 4) is 5.82 Å². The molecule has 0 aliphatic carbocycles. The monoisotopic (exact) mass is 395 g/mol. The molecule has 7 nitrogen and oxygen atoms in total. The van der Waals surface area contributed by atoms with Gasteiger partial charge in [0.05, 0.1) is 23.6 Å². The number of hydrogen-bond acceptors (Lipinski definition) is 6. The second-order valence-corrected chi connectivity index (χ2v) is 8.21. The number of nitrogens with two attached hydrogens (primary N) is 1. The molecule has 0 radical (unpaired) electrons. The zero-order chi connectivity index (χ0) is 20.8. The Morgan fingerprint density at radius 1 is 1.07 bits per heavy atom. The van der Waals surface area contributed by atoms with E-state index in [1.807, 2.05) is 39.8 Å². The van der Waals surface area contributed by atoms with E-state index in [0.717, 1.165) is 22.8 Å². The van der Waals surface area contributed by atoms with E-state index in [2.05, 4.69) is 15.1 Å². The summed E-state index contributed by atoms with van der Waals surface area (Å²) >= 11 is 0. The van der Waals surface area contributed by atoms with Gasteiger partial charge in [-0.2, -0.15) is 5.10 Å². The van der Waals surface area contributed by atoms with Gasteiger partial charge < -0.3 is 15.0 Å². The number of nitrogen functional groups attached to an aromatic ring is 1. The second kappa shape index (κ2) is 6.93. The molecule has 2 N–H and O–H groups in total. The Kier molecular flexibility index (Phi) is 4.67. The Morgan fingerprint density at radius 2 is 1.79 bits per heavy atom. The second-order valence-electron chi connectivity index (χ2n) is 8.21. The number of aromatic nitrogens is 4. The minimum atomic E-state index is -0.498. The van der Waals surface area contributed by atoms with Crippen molar-refractivity contribution >= 4 is 18.4 Å². The summed E-state index contributed by atoms with van der Waals surface area (Å²) in [6.45, 7) is 8.04. The van der Waals surface area contributed by atoms with Crippen molar-refractivity contribution in [3.63, 3.8) is 0 Å². The number of pyridine rings is 2. The van der Waals surface area contributed by atoms with Crippen LogP contribution in [0, 0.1) is 5.82 Å². The molecule has 0 bridgehead atoms. The summed E-state index contributed by atoms with van der Waals surface area (Å²) < 4.78 is 26.7. The highest BCUT2D eigenvalue weighted by Crippen LogP contribution is 2.36. The molecule has 4 rings (SSSR count). The molecule has 1 saturated heterocycles. The van der Waals surface area contributed by atoms with Crippen molar-refractivity contribution in [1.82, 2.24) is 19.7 Å². The van der Waals surface area contributed by atoms with Crippen molar-refractivity contribution in [1.29, 1.82) is 0 Å². The quantitative estimate of drug-likeness (QED) is 0.682. The van der Waals surface area contributed by atoms with Crippen molar-refractivity contribution in [2.45, 2.75) is 45.3 Å². The largest absolute Gasteiger partial charge is 0.496 e. The van der Waals surface area contributed by atoms with Crippen LogP contribution in [0.4, 0.5) is 10.2 Å². The maximum atomic E-state index is 13.1. The van der Waals surface area contributed by atoms with Crippen LogP contribution in [-0.4, -0.2) is 38.1 Å². The molecule has 1 aliphatic heterocycles. The topological polar surface area (TPSA) is 88.1 Å². The number of halogens is 1. The lowest BCUT2D eigenvalue weighted by Gasteiger charge is -2.32. The van der Waals surface area contributed by atoms with Crippen LogP contribution in [0.2, 0.25) is 0 Å². The van der Waals surface area contributed by atoms with Crippen LogP contribution >= 0.6 is 0 Å². The molecule has 4 heterocycles. The van der Waals surface area contributed by atoms with Crippen LogP contribution in [0.3, 0.4) is 0 Å². The fourth-order valence-corrected chi connectivity index (χ4v) is 3.09. The van der Waals surface area contributed by atoms with Crippen LogP contribution < -0.4 is 11.2 Å². The predicted molar refractivity (Wildman–Crippen MR) is 108 cm³/mol. The SMILES string of the molecule is CC1(C)OB(c2cnc(N)c(Cc3ccc(-n4cc(F)cn4)nc3)c2)OC1(C)C. The van der Waals surface area contributed by atoms with E-state index >= 15 is 0 Å². The molecule has 0 spiro atoms. The molecular formula is C20H23BFN5O2. The van der Waals surface area contributed by atoms with E-state index < -0.39 is 24.1 Å². The van der Waals surface area contributed by atoms with E-state index in [-0.39, 0.29) is 0 Å². The van der Waals surface area contributed by atoms with Gasteiger partial charge in [-0.25, -0.2) is 19.0 Å². The van der Waals surface area contributed by atoms with Crippen LogP contribution in [0.15, 0.2) is 43.0 Å². The third kappa shape index (κ3) is 3.75. The van der Waals surface area contributed by atoms with Crippen molar-refractivity contribution < 1.29 is 13.7 Å². The Balaban J connectivity index is 1.54. The molecule has 3 aromatic heterocycles. The van der Waals surface area contributed by atoms with Gasteiger partial charge in [0.1, 0.15) is 5.82 Å². The standard InChI is InChI=1S/C20H23BFN5O2/c1-19(2)20(3,4)29-21(28-19)15-8-14(18(23)25-10-15)7-13-5-6-17(24-9-13)27-12-16(22)11-26-27/h5-6,8-12H,7H2,1-4H3,(H2,23,25). The molecule has 1 aliphatic rings. The van der Waals surface area contributed by atoms with E-state index in [9.17, 15) is 4.39 Å². The van der Waals surface area contributed by atoms with Crippen LogP contribution in [-0.2, 0) is 15.7 Å². The van der Waals surface area contributed by atoms with Crippen LogP contribution in [0.25, 0.3) is 5.82 Å². The molecule has 9 heteroatoms. The van der Waals surface area contributed by atoms with E-state index in [1.54, 1.807) is 18.5 Å².